The number of hydrogen-bond acceptors (Lipinski definition) is 6. The van der Waals surface area contributed by atoms with E-state index in [4.69, 9.17) is 21.7 Å². The number of ether oxygens (including phenoxy) is 2. The largest absolute Gasteiger partial charge is 0.497 e. The van der Waals surface area contributed by atoms with E-state index in [0.717, 1.165) is 17.7 Å². The number of esters is 1. The van der Waals surface area contributed by atoms with Gasteiger partial charge in [0.1, 0.15) is 16.1 Å². The van der Waals surface area contributed by atoms with Crippen LogP contribution in [0.15, 0.2) is 29.2 Å². The van der Waals surface area contributed by atoms with Crippen molar-refractivity contribution in [2.45, 2.75) is 26.3 Å². The van der Waals surface area contributed by atoms with Gasteiger partial charge in [0, 0.05) is 0 Å². The first-order valence-corrected chi connectivity index (χ1v) is 8.78. The SMILES string of the molecule is CCCOC(=O)[C@@H](C)N1C(=O)C(=Cc2ccc(OC)cc2)SC1=S. The molecule has 0 aliphatic carbocycles. The highest BCUT2D eigenvalue weighted by atomic mass is 32.2. The molecule has 1 aromatic rings. The van der Waals surface area contributed by atoms with Crippen LogP contribution in [-0.2, 0) is 14.3 Å². The zero-order chi connectivity index (χ0) is 17.7. The van der Waals surface area contributed by atoms with Crippen molar-refractivity contribution in [1.82, 2.24) is 4.90 Å². The van der Waals surface area contributed by atoms with Gasteiger partial charge in [0.05, 0.1) is 18.6 Å². The van der Waals surface area contributed by atoms with Crippen LogP contribution in [0.5, 0.6) is 5.75 Å². The summed E-state index contributed by atoms with van der Waals surface area (Å²) in [7, 11) is 1.60. The highest BCUT2D eigenvalue weighted by Crippen LogP contribution is 2.34. The normalized spacial score (nSPS) is 17.3. The molecule has 128 valence electrons. The van der Waals surface area contributed by atoms with Crippen LogP contribution in [-0.4, -0.2) is 40.9 Å². The predicted octanol–water partition coefficient (Wildman–Crippen LogP) is 3.24. The first-order chi connectivity index (χ1) is 11.5. The number of rotatable bonds is 6. The smallest absolute Gasteiger partial charge is 0.329 e. The molecule has 24 heavy (non-hydrogen) atoms. The van der Waals surface area contributed by atoms with Gasteiger partial charge < -0.3 is 9.47 Å². The van der Waals surface area contributed by atoms with Gasteiger partial charge in [-0.05, 0) is 37.1 Å². The Morgan fingerprint density at radius 2 is 2.04 bits per heavy atom. The molecular formula is C17H19NO4S2. The van der Waals surface area contributed by atoms with Crippen molar-refractivity contribution in [2.75, 3.05) is 13.7 Å². The Bertz CT molecular complexity index is 670. The summed E-state index contributed by atoms with van der Waals surface area (Å²) in [5, 5.41) is 0. The van der Waals surface area contributed by atoms with E-state index in [1.165, 1.54) is 16.7 Å². The molecule has 0 spiro atoms. The van der Waals surface area contributed by atoms with Crippen molar-refractivity contribution in [3.05, 3.63) is 34.7 Å². The van der Waals surface area contributed by atoms with Crippen LogP contribution >= 0.6 is 24.0 Å². The lowest BCUT2D eigenvalue weighted by Gasteiger charge is -2.21. The summed E-state index contributed by atoms with van der Waals surface area (Å²) in [5.74, 6) is 0.0209. The van der Waals surface area contributed by atoms with Gasteiger partial charge in [-0.15, -0.1) is 0 Å². The molecule has 7 heteroatoms. The lowest BCUT2D eigenvalue weighted by Crippen LogP contribution is -2.42. The zero-order valence-corrected chi connectivity index (χ0v) is 15.4. The molecule has 0 N–H and O–H groups in total. The second-order valence-corrected chi connectivity index (χ2v) is 6.84. The summed E-state index contributed by atoms with van der Waals surface area (Å²) >= 11 is 6.44. The molecule has 1 amide bonds. The van der Waals surface area contributed by atoms with Gasteiger partial charge >= 0.3 is 5.97 Å². The molecule has 2 rings (SSSR count). The van der Waals surface area contributed by atoms with Crippen LogP contribution < -0.4 is 4.74 Å². The monoisotopic (exact) mass is 365 g/mol. The van der Waals surface area contributed by atoms with Crippen molar-refractivity contribution in [1.29, 1.82) is 0 Å². The van der Waals surface area contributed by atoms with Crippen LogP contribution in [0.4, 0.5) is 0 Å². The summed E-state index contributed by atoms with van der Waals surface area (Å²) < 4.78 is 10.6. The van der Waals surface area contributed by atoms with Crippen molar-refractivity contribution in [3.8, 4) is 5.75 Å². The summed E-state index contributed by atoms with van der Waals surface area (Å²) in [5.41, 5.74) is 0.859. The van der Waals surface area contributed by atoms with Crippen LogP contribution in [0.1, 0.15) is 25.8 Å². The molecule has 1 aliphatic heterocycles. The average molecular weight is 365 g/mol. The van der Waals surface area contributed by atoms with Gasteiger partial charge in [0.25, 0.3) is 5.91 Å². The van der Waals surface area contributed by atoms with Gasteiger partial charge in [-0.2, -0.15) is 0 Å². The molecule has 0 saturated carbocycles. The van der Waals surface area contributed by atoms with Crippen molar-refractivity contribution >= 4 is 46.3 Å². The molecule has 1 heterocycles. The Morgan fingerprint density at radius 1 is 1.38 bits per heavy atom. The Balaban J connectivity index is 2.15. The standard InChI is InChI=1S/C17H19NO4S2/c1-4-9-22-16(20)11(2)18-15(19)14(24-17(18)23)10-12-5-7-13(21-3)8-6-12/h5-8,10-11H,4,9H2,1-3H3/t11-/m1/s1. The fourth-order valence-corrected chi connectivity index (χ4v) is 3.51. The third-order valence-corrected chi connectivity index (χ3v) is 4.74. The van der Waals surface area contributed by atoms with Crippen molar-refractivity contribution in [3.63, 3.8) is 0 Å². The Labute approximate surface area is 151 Å². The van der Waals surface area contributed by atoms with E-state index in [1.807, 2.05) is 31.2 Å². The van der Waals surface area contributed by atoms with E-state index in [0.29, 0.717) is 15.8 Å². The third kappa shape index (κ3) is 4.15. The van der Waals surface area contributed by atoms with E-state index in [9.17, 15) is 9.59 Å². The highest BCUT2D eigenvalue weighted by molar-refractivity contribution is 8.26. The molecule has 1 fully saturated rings. The van der Waals surface area contributed by atoms with Gasteiger partial charge in [0.2, 0.25) is 0 Å². The Hall–Kier alpha value is -1.86. The van der Waals surface area contributed by atoms with Crippen LogP contribution in [0.3, 0.4) is 0 Å². The Kier molecular flexibility index (Phi) is 6.39. The molecule has 5 nitrogen and oxygen atoms in total. The minimum absolute atomic E-state index is 0.276. The summed E-state index contributed by atoms with van der Waals surface area (Å²) in [4.78, 5) is 26.4. The summed E-state index contributed by atoms with van der Waals surface area (Å²) in [6.07, 6.45) is 2.48. The second-order valence-electron chi connectivity index (χ2n) is 5.17. The van der Waals surface area contributed by atoms with E-state index in [1.54, 1.807) is 20.1 Å². The first-order valence-electron chi connectivity index (χ1n) is 7.55. The van der Waals surface area contributed by atoms with E-state index in [-0.39, 0.29) is 5.91 Å². The molecule has 0 bridgehead atoms. The number of nitrogens with zero attached hydrogens (tertiary/aromatic N) is 1. The lowest BCUT2D eigenvalue weighted by atomic mass is 10.2. The van der Waals surface area contributed by atoms with E-state index >= 15 is 0 Å². The molecular weight excluding hydrogens is 346 g/mol. The number of carbonyl (C=O) groups excluding carboxylic acids is 2. The fourth-order valence-electron chi connectivity index (χ4n) is 2.09. The molecule has 1 saturated heterocycles. The molecule has 0 aromatic heterocycles. The quantitative estimate of drug-likeness (QED) is 0.438. The van der Waals surface area contributed by atoms with E-state index in [2.05, 4.69) is 0 Å². The number of thiocarbonyl (C=S) groups is 1. The highest BCUT2D eigenvalue weighted by Gasteiger charge is 2.38. The topological polar surface area (TPSA) is 55.8 Å². The molecule has 1 aliphatic rings. The van der Waals surface area contributed by atoms with Crippen LogP contribution in [0.2, 0.25) is 0 Å². The number of thioether (sulfide) groups is 1. The number of methoxy groups -OCH3 is 1. The minimum atomic E-state index is -0.731. The average Bonchev–Trinajstić information content (AvgIpc) is 2.86. The lowest BCUT2D eigenvalue weighted by molar-refractivity contribution is -0.150. The summed E-state index contributed by atoms with van der Waals surface area (Å²) in [6, 6.07) is 6.61. The number of amides is 1. The molecule has 0 unspecified atom stereocenters. The minimum Gasteiger partial charge on any atom is -0.497 e. The maximum atomic E-state index is 12.6. The number of hydrogen-bond donors (Lipinski definition) is 0. The van der Waals surface area contributed by atoms with Gasteiger partial charge in [0.15, 0.2) is 0 Å². The Morgan fingerprint density at radius 3 is 2.62 bits per heavy atom. The number of carbonyl (C=O) groups is 2. The van der Waals surface area contributed by atoms with Gasteiger partial charge in [-0.3, -0.25) is 9.69 Å². The number of benzene rings is 1. The molecule has 0 radical (unpaired) electrons. The van der Waals surface area contributed by atoms with Crippen LogP contribution in [0.25, 0.3) is 6.08 Å². The zero-order valence-electron chi connectivity index (χ0n) is 13.8. The maximum absolute atomic E-state index is 12.6. The molecule has 1 atom stereocenters. The second kappa shape index (κ2) is 8.30. The summed E-state index contributed by atoms with van der Waals surface area (Å²) in [6.45, 7) is 3.87. The van der Waals surface area contributed by atoms with Crippen molar-refractivity contribution < 1.29 is 19.1 Å². The van der Waals surface area contributed by atoms with Gasteiger partial charge in [-0.25, -0.2) is 4.79 Å². The van der Waals surface area contributed by atoms with E-state index < -0.39 is 12.0 Å². The molecule has 1 aromatic carbocycles. The maximum Gasteiger partial charge on any atom is 0.329 e. The van der Waals surface area contributed by atoms with Gasteiger partial charge in [-0.1, -0.05) is 43.0 Å². The van der Waals surface area contributed by atoms with Crippen molar-refractivity contribution in [2.24, 2.45) is 0 Å². The van der Waals surface area contributed by atoms with Crippen LogP contribution in [0, 0.1) is 0 Å². The fraction of sp³-hybridized carbons (Fsp3) is 0.353. The predicted molar refractivity (Wildman–Crippen MR) is 98.7 cm³/mol. The first kappa shape index (κ1) is 18.5. The third-order valence-electron chi connectivity index (χ3n) is 3.41.